The Bertz CT molecular complexity index is 1400. The number of nitrogens with zero attached hydrogens (tertiary/aromatic N) is 2. The SMILES string of the molecule is COc1ccc(NC(=O)C2CCN(S(=O)(=O)c3c(C)noc3C=Cc3ccccc3F)CC2)cc1Cl. The van der Waals surface area contributed by atoms with E-state index in [1.807, 2.05) is 0 Å². The van der Waals surface area contributed by atoms with Crippen LogP contribution >= 0.6 is 11.6 Å². The minimum Gasteiger partial charge on any atom is -0.495 e. The number of benzene rings is 2. The number of nitrogens with one attached hydrogen (secondary N) is 1. The largest absolute Gasteiger partial charge is 0.495 e. The molecule has 0 saturated carbocycles. The van der Waals surface area contributed by atoms with Crippen LogP contribution in [0.5, 0.6) is 5.75 Å². The van der Waals surface area contributed by atoms with Crippen molar-refractivity contribution in [1.29, 1.82) is 0 Å². The highest BCUT2D eigenvalue weighted by Crippen LogP contribution is 2.31. The van der Waals surface area contributed by atoms with Crippen LogP contribution in [0.3, 0.4) is 0 Å². The topological polar surface area (TPSA) is 102 Å². The molecule has 1 fully saturated rings. The molecule has 2 heterocycles. The highest BCUT2D eigenvalue weighted by Gasteiger charge is 2.36. The molecule has 4 rings (SSSR count). The quantitative estimate of drug-likeness (QED) is 0.459. The number of sulfonamides is 1. The first-order valence-corrected chi connectivity index (χ1v) is 13.1. The number of aromatic nitrogens is 1. The molecule has 1 saturated heterocycles. The Morgan fingerprint density at radius 1 is 1.22 bits per heavy atom. The van der Waals surface area contributed by atoms with Crippen LogP contribution in [0.4, 0.5) is 10.1 Å². The summed E-state index contributed by atoms with van der Waals surface area (Å²) in [7, 11) is -2.44. The smallest absolute Gasteiger partial charge is 0.248 e. The number of carbonyl (C=O) groups is 1. The Kier molecular flexibility index (Phi) is 7.77. The monoisotopic (exact) mass is 533 g/mol. The predicted octanol–water partition coefficient (Wildman–Crippen LogP) is 4.99. The van der Waals surface area contributed by atoms with E-state index < -0.39 is 15.8 Å². The zero-order valence-corrected chi connectivity index (χ0v) is 21.3. The fraction of sp³-hybridized carbons (Fsp3) is 0.280. The van der Waals surface area contributed by atoms with Gasteiger partial charge in [-0.1, -0.05) is 35.0 Å². The molecule has 8 nitrogen and oxygen atoms in total. The van der Waals surface area contributed by atoms with E-state index in [2.05, 4.69) is 10.5 Å². The standard InChI is InChI=1S/C25H25ClFN3O5S/c1-16-24(23(35-29-16)9-7-17-5-3-4-6-21(17)27)36(32,33)30-13-11-18(12-14-30)25(31)28-19-8-10-22(34-2)20(26)15-19/h3-10,15,18H,11-14H2,1-2H3,(H,28,31). The third-order valence-electron chi connectivity index (χ3n) is 5.99. The Balaban J connectivity index is 1.44. The van der Waals surface area contributed by atoms with E-state index in [0.29, 0.717) is 34.9 Å². The van der Waals surface area contributed by atoms with E-state index in [1.165, 1.54) is 36.6 Å². The van der Waals surface area contributed by atoms with Crippen LogP contribution in [0.1, 0.15) is 29.9 Å². The van der Waals surface area contributed by atoms with Gasteiger partial charge >= 0.3 is 0 Å². The first-order valence-electron chi connectivity index (χ1n) is 11.2. The Hall–Kier alpha value is -3.21. The van der Waals surface area contributed by atoms with Gasteiger partial charge < -0.3 is 14.6 Å². The van der Waals surface area contributed by atoms with Gasteiger partial charge in [0.15, 0.2) is 10.7 Å². The molecule has 0 radical (unpaired) electrons. The lowest BCUT2D eigenvalue weighted by atomic mass is 9.97. The Morgan fingerprint density at radius 2 is 1.94 bits per heavy atom. The second-order valence-corrected chi connectivity index (χ2v) is 10.6. The number of halogens is 2. The zero-order chi connectivity index (χ0) is 25.9. The van der Waals surface area contributed by atoms with Gasteiger partial charge in [0, 0.05) is 30.3 Å². The lowest BCUT2D eigenvalue weighted by Gasteiger charge is -2.30. The highest BCUT2D eigenvalue weighted by molar-refractivity contribution is 7.89. The summed E-state index contributed by atoms with van der Waals surface area (Å²) in [4.78, 5) is 12.7. The number of piperidine rings is 1. The van der Waals surface area contributed by atoms with Gasteiger partial charge in [-0.15, -0.1) is 0 Å². The summed E-state index contributed by atoms with van der Waals surface area (Å²) in [5, 5.41) is 7.02. The summed E-state index contributed by atoms with van der Waals surface area (Å²) in [6, 6.07) is 11.1. The first kappa shape index (κ1) is 25.9. The molecule has 1 amide bonds. The zero-order valence-electron chi connectivity index (χ0n) is 19.7. The van der Waals surface area contributed by atoms with E-state index in [0.717, 1.165) is 0 Å². The summed E-state index contributed by atoms with van der Waals surface area (Å²) in [6.45, 7) is 1.85. The van der Waals surface area contributed by atoms with Crippen molar-refractivity contribution in [3.8, 4) is 5.75 Å². The molecule has 0 spiro atoms. The van der Waals surface area contributed by atoms with Crippen LogP contribution in [-0.2, 0) is 14.8 Å². The Morgan fingerprint density at radius 3 is 2.61 bits per heavy atom. The van der Waals surface area contributed by atoms with Crippen LogP contribution in [0.2, 0.25) is 5.02 Å². The number of rotatable bonds is 7. The summed E-state index contributed by atoms with van der Waals surface area (Å²) < 4.78 is 52.5. The number of ether oxygens (including phenoxy) is 1. The molecule has 0 unspecified atom stereocenters. The van der Waals surface area contributed by atoms with Gasteiger partial charge in [-0.05, 0) is 56.2 Å². The molecular weight excluding hydrogens is 509 g/mol. The van der Waals surface area contributed by atoms with Crippen LogP contribution in [0, 0.1) is 18.7 Å². The van der Waals surface area contributed by atoms with E-state index in [9.17, 15) is 17.6 Å². The van der Waals surface area contributed by atoms with Crippen molar-refractivity contribution in [3.05, 3.63) is 70.3 Å². The van der Waals surface area contributed by atoms with Gasteiger partial charge in [0.1, 0.15) is 17.3 Å². The van der Waals surface area contributed by atoms with Crippen molar-refractivity contribution in [2.24, 2.45) is 5.92 Å². The molecule has 0 atom stereocenters. The molecule has 1 aliphatic rings. The normalized spacial score (nSPS) is 15.3. The van der Waals surface area contributed by atoms with Crippen LogP contribution in [0.15, 0.2) is 51.9 Å². The minimum absolute atomic E-state index is 0.0204. The third kappa shape index (κ3) is 5.45. The second kappa shape index (κ2) is 10.8. The van der Waals surface area contributed by atoms with Gasteiger partial charge in [0.25, 0.3) is 0 Å². The number of anilines is 1. The number of methoxy groups -OCH3 is 1. The predicted molar refractivity (Wildman–Crippen MR) is 135 cm³/mol. The second-order valence-electron chi connectivity index (χ2n) is 8.33. The van der Waals surface area contributed by atoms with E-state index in [4.69, 9.17) is 20.9 Å². The molecule has 0 aliphatic carbocycles. The molecule has 0 bridgehead atoms. The lowest BCUT2D eigenvalue weighted by molar-refractivity contribution is -0.120. The first-order chi connectivity index (χ1) is 17.2. The fourth-order valence-electron chi connectivity index (χ4n) is 4.05. The number of aryl methyl sites for hydroxylation is 1. The van der Waals surface area contributed by atoms with Crippen LogP contribution < -0.4 is 10.1 Å². The fourth-order valence-corrected chi connectivity index (χ4v) is 6.03. The maximum absolute atomic E-state index is 13.9. The summed E-state index contributed by atoms with van der Waals surface area (Å²) in [5.41, 5.74) is 1.03. The van der Waals surface area contributed by atoms with Crippen molar-refractivity contribution < 1.29 is 26.9 Å². The molecule has 1 aliphatic heterocycles. The summed E-state index contributed by atoms with van der Waals surface area (Å²) in [6.07, 6.45) is 3.53. The molecule has 1 N–H and O–H groups in total. The number of amides is 1. The molecule has 36 heavy (non-hydrogen) atoms. The van der Waals surface area contributed by atoms with E-state index in [-0.39, 0.29) is 41.3 Å². The minimum atomic E-state index is -3.95. The maximum Gasteiger partial charge on any atom is 0.248 e. The maximum atomic E-state index is 13.9. The van der Waals surface area contributed by atoms with E-state index in [1.54, 1.807) is 36.4 Å². The van der Waals surface area contributed by atoms with E-state index >= 15 is 0 Å². The van der Waals surface area contributed by atoms with Crippen molar-refractivity contribution >= 4 is 45.4 Å². The third-order valence-corrected chi connectivity index (χ3v) is 8.35. The Labute approximate surface area is 213 Å². The lowest BCUT2D eigenvalue weighted by Crippen LogP contribution is -2.41. The number of carbonyl (C=O) groups excluding carboxylic acids is 1. The number of hydrogen-bond acceptors (Lipinski definition) is 6. The number of hydrogen-bond donors (Lipinski definition) is 1. The van der Waals surface area contributed by atoms with Gasteiger partial charge in [-0.2, -0.15) is 4.31 Å². The van der Waals surface area contributed by atoms with Crippen molar-refractivity contribution in [1.82, 2.24) is 9.46 Å². The van der Waals surface area contributed by atoms with Gasteiger partial charge in [-0.3, -0.25) is 4.79 Å². The molecule has 11 heteroatoms. The van der Waals surface area contributed by atoms with Gasteiger partial charge in [-0.25, -0.2) is 12.8 Å². The van der Waals surface area contributed by atoms with Gasteiger partial charge in [0.2, 0.25) is 15.9 Å². The average molecular weight is 534 g/mol. The summed E-state index contributed by atoms with van der Waals surface area (Å²) >= 11 is 6.12. The summed E-state index contributed by atoms with van der Waals surface area (Å²) in [5.74, 6) is -0.483. The van der Waals surface area contributed by atoms with Crippen molar-refractivity contribution in [3.63, 3.8) is 0 Å². The highest BCUT2D eigenvalue weighted by atomic mass is 35.5. The van der Waals surface area contributed by atoms with Gasteiger partial charge in [0.05, 0.1) is 12.1 Å². The van der Waals surface area contributed by atoms with Crippen molar-refractivity contribution in [2.45, 2.75) is 24.7 Å². The molecule has 3 aromatic rings. The average Bonchev–Trinajstić information content (AvgIpc) is 3.24. The molecular formula is C25H25ClFN3O5S. The molecule has 1 aromatic heterocycles. The van der Waals surface area contributed by atoms with Crippen LogP contribution in [-0.4, -0.2) is 44.0 Å². The molecule has 190 valence electrons. The molecule has 2 aromatic carbocycles. The van der Waals surface area contributed by atoms with Crippen LogP contribution in [0.25, 0.3) is 12.2 Å². The van der Waals surface area contributed by atoms with Crippen molar-refractivity contribution in [2.75, 3.05) is 25.5 Å².